The molecule has 2 aliphatic rings. The molecule has 1 aliphatic carbocycles. The average Bonchev–Trinajstić information content (AvgIpc) is 3.16. The highest BCUT2D eigenvalue weighted by molar-refractivity contribution is 5.78. The lowest BCUT2D eigenvalue weighted by molar-refractivity contribution is -0.143. The molecule has 1 aliphatic heterocycles. The van der Waals surface area contributed by atoms with E-state index >= 15 is 0 Å². The van der Waals surface area contributed by atoms with E-state index in [1.807, 2.05) is 4.90 Å². The quantitative estimate of drug-likeness (QED) is 0.584. The predicted molar refractivity (Wildman–Crippen MR) is 106 cm³/mol. The summed E-state index contributed by atoms with van der Waals surface area (Å²) in [5, 5.41) is 11.4. The summed E-state index contributed by atoms with van der Waals surface area (Å²) >= 11 is 0. The van der Waals surface area contributed by atoms with Crippen molar-refractivity contribution in [3.05, 3.63) is 11.6 Å². The number of nitrogens with zero attached hydrogens (tertiary/aromatic N) is 1. The van der Waals surface area contributed by atoms with Gasteiger partial charge in [-0.05, 0) is 49.9 Å². The van der Waals surface area contributed by atoms with Gasteiger partial charge < -0.3 is 20.1 Å². The van der Waals surface area contributed by atoms with Crippen molar-refractivity contribution >= 4 is 17.8 Å². The molecule has 0 unspecified atom stereocenters. The first-order chi connectivity index (χ1) is 13.3. The topological polar surface area (TPSA) is 95.9 Å². The van der Waals surface area contributed by atoms with Gasteiger partial charge in [0.15, 0.2) is 0 Å². The Balaban J connectivity index is 1.91. The van der Waals surface area contributed by atoms with Gasteiger partial charge in [-0.3, -0.25) is 9.59 Å². The summed E-state index contributed by atoms with van der Waals surface area (Å²) < 4.78 is 4.83. The summed E-state index contributed by atoms with van der Waals surface area (Å²) in [6, 6.07) is 0. The summed E-state index contributed by atoms with van der Waals surface area (Å²) in [5.41, 5.74) is 1.23. The van der Waals surface area contributed by atoms with Crippen LogP contribution in [0.25, 0.3) is 0 Å². The maximum atomic E-state index is 12.6. The van der Waals surface area contributed by atoms with Crippen LogP contribution >= 0.6 is 0 Å². The average molecular weight is 395 g/mol. The lowest BCUT2D eigenvalue weighted by atomic mass is 9.69. The van der Waals surface area contributed by atoms with E-state index < -0.39 is 12.6 Å². The second-order valence-electron chi connectivity index (χ2n) is 8.40. The Morgan fingerprint density at radius 2 is 1.93 bits per heavy atom. The molecule has 2 amide bonds. The van der Waals surface area contributed by atoms with Crippen LogP contribution in [-0.4, -0.2) is 60.6 Å². The van der Waals surface area contributed by atoms with E-state index in [1.165, 1.54) is 5.57 Å². The number of carboxylic acids is 1. The molecule has 0 aromatic carbocycles. The third kappa shape index (κ3) is 6.62. The molecule has 2 rings (SSSR count). The van der Waals surface area contributed by atoms with Crippen LogP contribution in [-0.2, 0) is 19.1 Å². The number of carbonyl (C=O) groups excluding carboxylic acids is 2. The van der Waals surface area contributed by atoms with Crippen LogP contribution in [0.5, 0.6) is 0 Å². The second kappa shape index (κ2) is 10.6. The minimum absolute atomic E-state index is 0.210. The smallest absolute Gasteiger partial charge is 0.329 e. The fraction of sp³-hybridized carbons (Fsp3) is 0.762. The van der Waals surface area contributed by atoms with E-state index in [0.29, 0.717) is 24.8 Å². The Bertz CT molecular complexity index is 596. The van der Waals surface area contributed by atoms with E-state index in [-0.39, 0.29) is 30.3 Å². The van der Waals surface area contributed by atoms with Crippen molar-refractivity contribution in [3.63, 3.8) is 0 Å². The van der Waals surface area contributed by atoms with Crippen LogP contribution in [0.2, 0.25) is 0 Å². The van der Waals surface area contributed by atoms with Crippen molar-refractivity contribution in [2.45, 2.75) is 46.5 Å². The lowest BCUT2D eigenvalue weighted by Gasteiger charge is -2.37. The number of carboxylic acid groups (broad SMARTS) is 1. The van der Waals surface area contributed by atoms with Gasteiger partial charge in [-0.25, -0.2) is 4.79 Å². The van der Waals surface area contributed by atoms with Gasteiger partial charge in [0.2, 0.25) is 11.8 Å². The van der Waals surface area contributed by atoms with Gasteiger partial charge in [0, 0.05) is 26.1 Å². The molecular formula is C21H34N2O5. The Hall–Kier alpha value is -1.89. The first kappa shape index (κ1) is 22.4. The van der Waals surface area contributed by atoms with Gasteiger partial charge in [-0.2, -0.15) is 0 Å². The number of aliphatic carboxylic acids is 1. The largest absolute Gasteiger partial charge is 0.480 e. The fourth-order valence-corrected chi connectivity index (χ4v) is 4.33. The number of amides is 2. The zero-order valence-corrected chi connectivity index (χ0v) is 17.3. The Kier molecular flexibility index (Phi) is 8.48. The number of hydrogen-bond donors (Lipinski definition) is 2. The number of allylic oxidation sites excluding steroid dienone is 1. The van der Waals surface area contributed by atoms with E-state index in [0.717, 1.165) is 32.4 Å². The van der Waals surface area contributed by atoms with Gasteiger partial charge in [-0.15, -0.1) is 0 Å². The zero-order valence-electron chi connectivity index (χ0n) is 17.3. The Labute approximate surface area is 167 Å². The predicted octanol–water partition coefficient (Wildman–Crippen LogP) is 2.07. The molecule has 2 N–H and O–H groups in total. The molecule has 28 heavy (non-hydrogen) atoms. The summed E-state index contributed by atoms with van der Waals surface area (Å²) in [5.74, 6) is 0.182. The molecule has 3 atom stereocenters. The van der Waals surface area contributed by atoms with Crippen molar-refractivity contribution < 1.29 is 24.2 Å². The van der Waals surface area contributed by atoms with Crippen molar-refractivity contribution in [2.75, 3.05) is 32.8 Å². The van der Waals surface area contributed by atoms with Gasteiger partial charge in [0.05, 0.1) is 0 Å². The van der Waals surface area contributed by atoms with Crippen molar-refractivity contribution in [1.82, 2.24) is 10.2 Å². The summed E-state index contributed by atoms with van der Waals surface area (Å²) in [4.78, 5) is 36.9. The zero-order chi connectivity index (χ0) is 20.7. The molecular weight excluding hydrogens is 360 g/mol. The molecule has 7 heteroatoms. The highest BCUT2D eigenvalue weighted by Gasteiger charge is 2.33. The monoisotopic (exact) mass is 394 g/mol. The van der Waals surface area contributed by atoms with E-state index in [2.05, 4.69) is 32.2 Å². The van der Waals surface area contributed by atoms with Crippen LogP contribution in [0.3, 0.4) is 0 Å². The molecule has 0 saturated carbocycles. The first-order valence-corrected chi connectivity index (χ1v) is 10.3. The minimum atomic E-state index is -1.09. The molecule has 1 heterocycles. The van der Waals surface area contributed by atoms with Gasteiger partial charge in [0.25, 0.3) is 0 Å². The van der Waals surface area contributed by atoms with Crippen molar-refractivity contribution in [3.8, 4) is 0 Å². The first-order valence-electron chi connectivity index (χ1n) is 10.3. The number of ether oxygens (including phenoxy) is 1. The van der Waals surface area contributed by atoms with Gasteiger partial charge in [-0.1, -0.05) is 25.5 Å². The van der Waals surface area contributed by atoms with E-state index in [9.17, 15) is 14.4 Å². The summed E-state index contributed by atoms with van der Waals surface area (Å²) in [7, 11) is 0. The summed E-state index contributed by atoms with van der Waals surface area (Å²) in [6.07, 6.45) is 5.97. The van der Waals surface area contributed by atoms with Crippen molar-refractivity contribution in [2.24, 2.45) is 23.7 Å². The third-order valence-corrected chi connectivity index (χ3v) is 5.96. The molecule has 0 aromatic heterocycles. The Morgan fingerprint density at radius 3 is 2.54 bits per heavy atom. The molecule has 1 fully saturated rings. The van der Waals surface area contributed by atoms with E-state index in [4.69, 9.17) is 9.84 Å². The molecule has 0 spiro atoms. The molecule has 0 bridgehead atoms. The normalized spacial score (nSPS) is 24.9. The Morgan fingerprint density at radius 1 is 1.25 bits per heavy atom. The molecule has 7 nitrogen and oxygen atoms in total. The molecule has 0 radical (unpaired) electrons. The van der Waals surface area contributed by atoms with Gasteiger partial charge in [0.1, 0.15) is 13.2 Å². The number of hydrogen-bond acceptors (Lipinski definition) is 4. The number of nitrogens with one attached hydrogen (secondary N) is 1. The highest BCUT2D eigenvalue weighted by Crippen LogP contribution is 2.39. The molecule has 0 aromatic rings. The number of likely N-dealkylation sites (tertiary alicyclic amines) is 1. The minimum Gasteiger partial charge on any atom is -0.480 e. The number of carbonyl (C=O) groups is 3. The maximum absolute atomic E-state index is 12.6. The van der Waals surface area contributed by atoms with Crippen LogP contribution in [0.4, 0.5) is 0 Å². The van der Waals surface area contributed by atoms with Crippen molar-refractivity contribution in [1.29, 1.82) is 0 Å². The van der Waals surface area contributed by atoms with Gasteiger partial charge >= 0.3 is 5.97 Å². The number of rotatable bonds is 9. The lowest BCUT2D eigenvalue weighted by Crippen LogP contribution is -2.39. The van der Waals surface area contributed by atoms with Crippen LogP contribution in [0, 0.1) is 23.7 Å². The highest BCUT2D eigenvalue weighted by atomic mass is 16.5. The third-order valence-electron chi connectivity index (χ3n) is 5.96. The maximum Gasteiger partial charge on any atom is 0.329 e. The molecule has 1 saturated heterocycles. The standard InChI is InChI=1S/C21H34N2O5/c1-14(2)18-9-16(10-20(25)23-6-4-5-7-23)15(3)8-17(18)11-22-19(24)12-28-13-21(26)27/h8,14,16-18H,4-7,9-13H2,1-3H3,(H,22,24)(H,26,27)/t16-,17-,18-/m0/s1. The SMILES string of the molecule is CC1=C[C@@H](CNC(=O)COCC(=O)O)[C@H](C(C)C)C[C@H]1CC(=O)N1CCCC1. The fourth-order valence-electron chi connectivity index (χ4n) is 4.33. The second-order valence-corrected chi connectivity index (χ2v) is 8.40. The van der Waals surface area contributed by atoms with Crippen LogP contribution in [0.1, 0.15) is 46.5 Å². The molecule has 158 valence electrons. The van der Waals surface area contributed by atoms with Crippen LogP contribution < -0.4 is 5.32 Å². The van der Waals surface area contributed by atoms with Crippen LogP contribution in [0.15, 0.2) is 11.6 Å². The van der Waals surface area contributed by atoms with E-state index in [1.54, 1.807) is 0 Å². The summed E-state index contributed by atoms with van der Waals surface area (Å²) in [6.45, 7) is 8.01.